The number of amides is 2. The van der Waals surface area contributed by atoms with Gasteiger partial charge in [0.2, 0.25) is 0 Å². The summed E-state index contributed by atoms with van der Waals surface area (Å²) in [6, 6.07) is 5.83. The Bertz CT molecular complexity index is 441. The molecular weight excluding hydrogens is 269 g/mol. The van der Waals surface area contributed by atoms with Gasteiger partial charge in [-0.1, -0.05) is 26.0 Å². The highest BCUT2D eigenvalue weighted by molar-refractivity contribution is 5.75. The molecule has 0 aliphatic carbocycles. The van der Waals surface area contributed by atoms with E-state index < -0.39 is 0 Å². The molecule has 4 nitrogen and oxygen atoms in total. The van der Waals surface area contributed by atoms with E-state index in [0.29, 0.717) is 6.54 Å². The molecule has 0 aliphatic rings. The first kappa shape index (κ1) is 17.2. The van der Waals surface area contributed by atoms with Gasteiger partial charge in [0.15, 0.2) is 0 Å². The van der Waals surface area contributed by atoms with Crippen molar-refractivity contribution in [1.82, 2.24) is 15.5 Å². The van der Waals surface area contributed by atoms with Crippen molar-refractivity contribution < 1.29 is 9.18 Å². The number of rotatable bonds is 8. The summed E-state index contributed by atoms with van der Waals surface area (Å²) in [6.45, 7) is 7.95. The van der Waals surface area contributed by atoms with Gasteiger partial charge in [-0.15, -0.1) is 0 Å². The predicted octanol–water partition coefficient (Wildman–Crippen LogP) is 2.83. The van der Waals surface area contributed by atoms with Crippen LogP contribution in [0.2, 0.25) is 0 Å². The van der Waals surface area contributed by atoms with E-state index in [4.69, 9.17) is 0 Å². The molecule has 0 fully saturated rings. The Morgan fingerprint density at radius 2 is 1.90 bits per heavy atom. The molecule has 1 aromatic carbocycles. The molecule has 1 rings (SSSR count). The monoisotopic (exact) mass is 293 g/mol. The predicted molar refractivity (Wildman–Crippen MR) is 84.4 cm³/mol. The van der Waals surface area contributed by atoms with Crippen LogP contribution in [0.1, 0.15) is 25.8 Å². The largest absolute Gasteiger partial charge is 0.338 e. The number of hydrogen-bond donors (Lipinski definition) is 2. The van der Waals surface area contributed by atoms with Crippen LogP contribution in [0.3, 0.4) is 0 Å². The van der Waals surface area contributed by atoms with Crippen molar-refractivity contribution in [2.24, 2.45) is 0 Å². The van der Waals surface area contributed by atoms with Crippen molar-refractivity contribution in [3.05, 3.63) is 41.8 Å². The van der Waals surface area contributed by atoms with Gasteiger partial charge in [0.25, 0.3) is 0 Å². The molecule has 0 atom stereocenters. The lowest BCUT2D eigenvalue weighted by Gasteiger charge is -2.17. The Kier molecular flexibility index (Phi) is 8.12. The van der Waals surface area contributed by atoms with Gasteiger partial charge >= 0.3 is 6.03 Å². The van der Waals surface area contributed by atoms with E-state index in [9.17, 15) is 9.18 Å². The normalized spacial score (nSPS) is 11.0. The molecule has 0 bridgehead atoms. The standard InChI is InChI=1S/C16H24FN3O/c1-3-20(4-2)13-5-11-18-16(21)19-12-10-14-6-8-15(17)9-7-14/h6-10,12H,3-5,11,13H2,1-2H3,(H2,18,19,21)/b12-10+. The highest BCUT2D eigenvalue weighted by atomic mass is 19.1. The number of hydrogen-bond acceptors (Lipinski definition) is 2. The van der Waals surface area contributed by atoms with Crippen molar-refractivity contribution in [2.45, 2.75) is 20.3 Å². The number of benzene rings is 1. The molecule has 1 aromatic rings. The number of carbonyl (C=O) groups excluding carboxylic acids is 1. The first-order valence-corrected chi connectivity index (χ1v) is 7.34. The first-order valence-electron chi connectivity index (χ1n) is 7.34. The average molecular weight is 293 g/mol. The van der Waals surface area contributed by atoms with E-state index in [-0.39, 0.29) is 11.8 Å². The molecule has 0 radical (unpaired) electrons. The van der Waals surface area contributed by atoms with Gasteiger partial charge in [-0.25, -0.2) is 9.18 Å². The minimum atomic E-state index is -0.272. The summed E-state index contributed by atoms with van der Waals surface area (Å²) < 4.78 is 12.7. The van der Waals surface area contributed by atoms with Gasteiger partial charge in [0, 0.05) is 12.7 Å². The Morgan fingerprint density at radius 3 is 2.52 bits per heavy atom. The van der Waals surface area contributed by atoms with Gasteiger partial charge in [-0.2, -0.15) is 0 Å². The highest BCUT2D eigenvalue weighted by Crippen LogP contribution is 2.03. The molecule has 0 saturated carbocycles. The van der Waals surface area contributed by atoms with Crippen LogP contribution in [0.15, 0.2) is 30.5 Å². The van der Waals surface area contributed by atoms with Crippen LogP contribution in [0, 0.1) is 5.82 Å². The third-order valence-electron chi connectivity index (χ3n) is 3.19. The second-order valence-corrected chi connectivity index (χ2v) is 4.67. The van der Waals surface area contributed by atoms with Gasteiger partial charge < -0.3 is 15.5 Å². The lowest BCUT2D eigenvalue weighted by Crippen LogP contribution is -2.34. The smallest absolute Gasteiger partial charge is 0.318 e. The average Bonchev–Trinajstić information content (AvgIpc) is 2.49. The lowest BCUT2D eigenvalue weighted by atomic mass is 10.2. The molecule has 116 valence electrons. The molecule has 0 aromatic heterocycles. The fourth-order valence-electron chi connectivity index (χ4n) is 1.88. The fraction of sp³-hybridized carbons (Fsp3) is 0.438. The van der Waals surface area contributed by atoms with Crippen LogP contribution in [-0.4, -0.2) is 37.1 Å². The molecule has 2 N–H and O–H groups in total. The van der Waals surface area contributed by atoms with E-state index in [0.717, 1.165) is 31.6 Å². The van der Waals surface area contributed by atoms with Crippen LogP contribution in [0.5, 0.6) is 0 Å². The second-order valence-electron chi connectivity index (χ2n) is 4.67. The number of nitrogens with one attached hydrogen (secondary N) is 2. The van der Waals surface area contributed by atoms with E-state index in [1.165, 1.54) is 12.1 Å². The van der Waals surface area contributed by atoms with Crippen LogP contribution in [0.4, 0.5) is 9.18 Å². The molecule has 0 aliphatic heterocycles. The SMILES string of the molecule is CCN(CC)CCCNC(=O)N/C=C/c1ccc(F)cc1. The Morgan fingerprint density at radius 1 is 1.24 bits per heavy atom. The van der Waals surface area contributed by atoms with Crippen molar-refractivity contribution in [3.63, 3.8) is 0 Å². The number of carbonyl (C=O) groups is 1. The molecule has 0 unspecified atom stereocenters. The quantitative estimate of drug-likeness (QED) is 0.724. The van der Waals surface area contributed by atoms with Gasteiger partial charge in [-0.05, 0) is 49.8 Å². The third-order valence-corrected chi connectivity index (χ3v) is 3.19. The van der Waals surface area contributed by atoms with Crippen LogP contribution >= 0.6 is 0 Å². The van der Waals surface area contributed by atoms with Gasteiger partial charge in [0.1, 0.15) is 5.82 Å². The molecule has 0 heterocycles. The molecular formula is C16H24FN3O. The molecule has 5 heteroatoms. The number of halogens is 1. The second kappa shape index (κ2) is 9.94. The topological polar surface area (TPSA) is 44.4 Å². The molecule has 2 amide bonds. The number of nitrogens with zero attached hydrogens (tertiary/aromatic N) is 1. The molecule has 21 heavy (non-hydrogen) atoms. The zero-order valence-electron chi connectivity index (χ0n) is 12.7. The summed E-state index contributed by atoms with van der Waals surface area (Å²) in [5, 5.41) is 5.42. The van der Waals surface area contributed by atoms with Crippen LogP contribution < -0.4 is 10.6 Å². The van der Waals surface area contributed by atoms with Crippen molar-refractivity contribution in [1.29, 1.82) is 0 Å². The maximum atomic E-state index is 12.7. The minimum absolute atomic E-state index is 0.229. The highest BCUT2D eigenvalue weighted by Gasteiger charge is 2.00. The molecule has 0 saturated heterocycles. The first-order chi connectivity index (χ1) is 10.2. The summed E-state index contributed by atoms with van der Waals surface area (Å²) >= 11 is 0. The van der Waals surface area contributed by atoms with Crippen molar-refractivity contribution in [2.75, 3.05) is 26.2 Å². The van der Waals surface area contributed by atoms with Crippen molar-refractivity contribution >= 4 is 12.1 Å². The zero-order valence-corrected chi connectivity index (χ0v) is 12.7. The van der Waals surface area contributed by atoms with Crippen LogP contribution in [0.25, 0.3) is 6.08 Å². The summed E-state index contributed by atoms with van der Waals surface area (Å²) in [5.74, 6) is -0.272. The van der Waals surface area contributed by atoms with E-state index in [2.05, 4.69) is 29.4 Å². The Balaban J connectivity index is 2.17. The minimum Gasteiger partial charge on any atom is -0.338 e. The zero-order chi connectivity index (χ0) is 15.5. The Hall–Kier alpha value is -1.88. The molecule has 0 spiro atoms. The third kappa shape index (κ3) is 7.46. The Labute approximate surface area is 126 Å². The maximum absolute atomic E-state index is 12.7. The van der Waals surface area contributed by atoms with E-state index in [1.807, 2.05) is 0 Å². The summed E-state index contributed by atoms with van der Waals surface area (Å²) in [6.07, 6.45) is 4.19. The summed E-state index contributed by atoms with van der Waals surface area (Å²) in [7, 11) is 0. The van der Waals surface area contributed by atoms with Crippen molar-refractivity contribution in [3.8, 4) is 0 Å². The van der Waals surface area contributed by atoms with Gasteiger partial charge in [0.05, 0.1) is 0 Å². The summed E-state index contributed by atoms with van der Waals surface area (Å²) in [4.78, 5) is 13.8. The van der Waals surface area contributed by atoms with Gasteiger partial charge in [-0.3, -0.25) is 0 Å². The van der Waals surface area contributed by atoms with Crippen LogP contribution in [-0.2, 0) is 0 Å². The number of urea groups is 1. The lowest BCUT2D eigenvalue weighted by molar-refractivity contribution is 0.242. The van der Waals surface area contributed by atoms with E-state index >= 15 is 0 Å². The fourth-order valence-corrected chi connectivity index (χ4v) is 1.88. The summed E-state index contributed by atoms with van der Waals surface area (Å²) in [5.41, 5.74) is 0.832. The van der Waals surface area contributed by atoms with E-state index in [1.54, 1.807) is 24.4 Å². The maximum Gasteiger partial charge on any atom is 0.318 e.